The molecule has 2 rings (SSSR count). The van der Waals surface area contributed by atoms with Gasteiger partial charge < -0.3 is 10.5 Å². The lowest BCUT2D eigenvalue weighted by Gasteiger charge is -2.08. The monoisotopic (exact) mass is 218 g/mol. The number of hydrogen-bond donors (Lipinski definition) is 1. The van der Waals surface area contributed by atoms with Gasteiger partial charge in [-0.3, -0.25) is 4.98 Å². The van der Waals surface area contributed by atoms with Crippen molar-refractivity contribution >= 4 is 5.69 Å². The quantitative estimate of drug-likeness (QED) is 0.788. The van der Waals surface area contributed by atoms with Gasteiger partial charge in [-0.25, -0.2) is 4.39 Å². The number of anilines is 1. The second-order valence-electron chi connectivity index (χ2n) is 3.43. The highest BCUT2D eigenvalue weighted by atomic mass is 19.1. The Labute approximate surface area is 92.7 Å². The zero-order chi connectivity index (χ0) is 11.5. The molecule has 0 amide bonds. The van der Waals surface area contributed by atoms with E-state index in [-0.39, 0.29) is 5.69 Å². The maximum atomic E-state index is 13.2. The molecule has 3 nitrogen and oxygen atoms in total. The number of aromatic nitrogens is 1. The number of nitrogens with two attached hydrogens (primary N) is 1. The molecule has 0 radical (unpaired) electrons. The molecule has 0 saturated carbocycles. The summed E-state index contributed by atoms with van der Waals surface area (Å²) in [5.41, 5.74) is 6.37. The van der Waals surface area contributed by atoms with Crippen LogP contribution in [0.4, 0.5) is 10.1 Å². The SMILES string of the molecule is Cc1cnccc1Oc1ccc(N)c(F)c1. The van der Waals surface area contributed by atoms with E-state index in [2.05, 4.69) is 4.98 Å². The highest BCUT2D eigenvalue weighted by Crippen LogP contribution is 2.25. The minimum Gasteiger partial charge on any atom is -0.457 e. The molecule has 1 aromatic heterocycles. The van der Waals surface area contributed by atoms with Crippen LogP contribution in [-0.4, -0.2) is 4.98 Å². The number of ether oxygens (including phenoxy) is 1. The molecule has 0 fully saturated rings. The molecule has 0 aliphatic rings. The van der Waals surface area contributed by atoms with Crippen LogP contribution in [0.1, 0.15) is 5.56 Å². The first-order chi connectivity index (χ1) is 7.66. The van der Waals surface area contributed by atoms with Crippen molar-refractivity contribution in [3.05, 3.63) is 48.0 Å². The van der Waals surface area contributed by atoms with Crippen molar-refractivity contribution in [2.45, 2.75) is 6.92 Å². The largest absolute Gasteiger partial charge is 0.457 e. The molecule has 0 unspecified atom stereocenters. The van der Waals surface area contributed by atoms with Crippen molar-refractivity contribution in [1.82, 2.24) is 4.98 Å². The first-order valence-corrected chi connectivity index (χ1v) is 4.80. The van der Waals surface area contributed by atoms with Crippen molar-refractivity contribution in [1.29, 1.82) is 0 Å². The zero-order valence-electron chi connectivity index (χ0n) is 8.77. The lowest BCUT2D eigenvalue weighted by Crippen LogP contribution is -1.92. The third kappa shape index (κ3) is 2.11. The van der Waals surface area contributed by atoms with Gasteiger partial charge >= 0.3 is 0 Å². The third-order valence-corrected chi connectivity index (χ3v) is 2.17. The van der Waals surface area contributed by atoms with E-state index in [1.165, 1.54) is 12.1 Å². The van der Waals surface area contributed by atoms with Crippen molar-refractivity contribution in [2.75, 3.05) is 5.73 Å². The Hall–Kier alpha value is -2.10. The smallest absolute Gasteiger partial charge is 0.149 e. The van der Waals surface area contributed by atoms with Gasteiger partial charge in [-0.05, 0) is 25.1 Å². The van der Waals surface area contributed by atoms with Gasteiger partial charge in [-0.2, -0.15) is 0 Å². The fraction of sp³-hybridized carbons (Fsp3) is 0.0833. The Kier molecular flexibility index (Phi) is 2.72. The summed E-state index contributed by atoms with van der Waals surface area (Å²) in [5, 5.41) is 0. The number of nitrogen functional groups attached to an aromatic ring is 1. The zero-order valence-corrected chi connectivity index (χ0v) is 8.77. The average molecular weight is 218 g/mol. The van der Waals surface area contributed by atoms with E-state index in [4.69, 9.17) is 10.5 Å². The topological polar surface area (TPSA) is 48.1 Å². The van der Waals surface area contributed by atoms with Gasteiger partial charge in [0.2, 0.25) is 0 Å². The summed E-state index contributed by atoms with van der Waals surface area (Å²) in [7, 11) is 0. The number of halogens is 1. The normalized spacial score (nSPS) is 10.1. The van der Waals surface area contributed by atoms with E-state index in [0.717, 1.165) is 5.56 Å². The van der Waals surface area contributed by atoms with Crippen LogP contribution < -0.4 is 10.5 Å². The summed E-state index contributed by atoms with van der Waals surface area (Å²) in [6.45, 7) is 1.87. The van der Waals surface area contributed by atoms with E-state index in [1.807, 2.05) is 6.92 Å². The number of benzene rings is 1. The molecule has 0 spiro atoms. The lowest BCUT2D eigenvalue weighted by molar-refractivity contribution is 0.473. The molecule has 1 aromatic carbocycles. The number of rotatable bonds is 2. The lowest BCUT2D eigenvalue weighted by atomic mass is 10.2. The molecule has 4 heteroatoms. The van der Waals surface area contributed by atoms with Crippen molar-refractivity contribution < 1.29 is 9.13 Å². The van der Waals surface area contributed by atoms with Crippen LogP contribution >= 0.6 is 0 Å². The van der Waals surface area contributed by atoms with E-state index < -0.39 is 5.82 Å². The van der Waals surface area contributed by atoms with Crippen LogP contribution in [-0.2, 0) is 0 Å². The Morgan fingerprint density at radius 2 is 2.12 bits per heavy atom. The van der Waals surface area contributed by atoms with E-state index in [1.54, 1.807) is 24.5 Å². The maximum absolute atomic E-state index is 13.2. The summed E-state index contributed by atoms with van der Waals surface area (Å²) in [4.78, 5) is 3.94. The molecule has 0 aliphatic carbocycles. The summed E-state index contributed by atoms with van der Waals surface area (Å²) >= 11 is 0. The van der Waals surface area contributed by atoms with E-state index in [9.17, 15) is 4.39 Å². The van der Waals surface area contributed by atoms with Gasteiger partial charge in [0, 0.05) is 24.0 Å². The number of aryl methyl sites for hydroxylation is 1. The molecular formula is C12H11FN2O. The second kappa shape index (κ2) is 4.18. The molecule has 0 saturated heterocycles. The number of nitrogens with zero attached hydrogens (tertiary/aromatic N) is 1. The average Bonchev–Trinajstić information content (AvgIpc) is 2.27. The molecule has 82 valence electrons. The molecule has 16 heavy (non-hydrogen) atoms. The highest BCUT2D eigenvalue weighted by molar-refractivity contribution is 5.45. The van der Waals surface area contributed by atoms with E-state index >= 15 is 0 Å². The van der Waals surface area contributed by atoms with Crippen molar-refractivity contribution in [3.63, 3.8) is 0 Å². The summed E-state index contributed by atoms with van der Waals surface area (Å²) in [6.07, 6.45) is 3.30. The standard InChI is InChI=1S/C12H11FN2O/c1-8-7-15-5-4-12(8)16-9-2-3-11(14)10(13)6-9/h2-7H,14H2,1H3. The van der Waals surface area contributed by atoms with Gasteiger partial charge in [-0.1, -0.05) is 0 Å². The minimum absolute atomic E-state index is 0.110. The van der Waals surface area contributed by atoms with Gasteiger partial charge in [0.15, 0.2) is 0 Å². The van der Waals surface area contributed by atoms with Gasteiger partial charge in [0.25, 0.3) is 0 Å². The molecule has 0 bridgehead atoms. The minimum atomic E-state index is -0.482. The first kappa shape index (κ1) is 10.4. The predicted molar refractivity (Wildman–Crippen MR) is 59.9 cm³/mol. The van der Waals surface area contributed by atoms with E-state index in [0.29, 0.717) is 11.5 Å². The van der Waals surface area contributed by atoms with Gasteiger partial charge in [0.05, 0.1) is 5.69 Å². The van der Waals surface area contributed by atoms with Gasteiger partial charge in [-0.15, -0.1) is 0 Å². The Morgan fingerprint density at radius 1 is 1.31 bits per heavy atom. The Balaban J connectivity index is 2.28. The Bertz CT molecular complexity index is 514. The number of pyridine rings is 1. The molecular weight excluding hydrogens is 207 g/mol. The Morgan fingerprint density at radius 3 is 2.81 bits per heavy atom. The van der Waals surface area contributed by atoms with Crippen LogP contribution in [0.25, 0.3) is 0 Å². The molecule has 2 N–H and O–H groups in total. The van der Waals surface area contributed by atoms with Gasteiger partial charge in [0.1, 0.15) is 17.3 Å². The van der Waals surface area contributed by atoms with Crippen LogP contribution in [0.5, 0.6) is 11.5 Å². The fourth-order valence-electron chi connectivity index (χ4n) is 1.27. The van der Waals surface area contributed by atoms with Crippen LogP contribution in [0.15, 0.2) is 36.7 Å². The predicted octanol–water partition coefficient (Wildman–Crippen LogP) is 2.90. The van der Waals surface area contributed by atoms with Crippen LogP contribution in [0.3, 0.4) is 0 Å². The van der Waals surface area contributed by atoms with Crippen molar-refractivity contribution in [2.24, 2.45) is 0 Å². The molecule has 0 atom stereocenters. The maximum Gasteiger partial charge on any atom is 0.149 e. The summed E-state index contributed by atoms with van der Waals surface area (Å²) in [5.74, 6) is 0.587. The van der Waals surface area contributed by atoms with Crippen molar-refractivity contribution in [3.8, 4) is 11.5 Å². The molecule has 1 heterocycles. The number of hydrogen-bond acceptors (Lipinski definition) is 3. The fourth-order valence-corrected chi connectivity index (χ4v) is 1.27. The first-order valence-electron chi connectivity index (χ1n) is 4.80. The highest BCUT2D eigenvalue weighted by Gasteiger charge is 2.04. The molecule has 2 aromatic rings. The summed E-state index contributed by atoms with van der Waals surface area (Å²) < 4.78 is 18.7. The van der Waals surface area contributed by atoms with Crippen LogP contribution in [0.2, 0.25) is 0 Å². The summed E-state index contributed by atoms with van der Waals surface area (Å²) in [6, 6.07) is 6.08. The van der Waals surface area contributed by atoms with Crippen LogP contribution in [0, 0.1) is 12.7 Å². The second-order valence-corrected chi connectivity index (χ2v) is 3.43. The molecule has 0 aliphatic heterocycles. The third-order valence-electron chi connectivity index (χ3n) is 2.17.